The lowest BCUT2D eigenvalue weighted by molar-refractivity contribution is -0.182. The van der Waals surface area contributed by atoms with Crippen LogP contribution in [-0.2, 0) is 57.5 Å². The molecule has 6 fully saturated rings. The van der Waals surface area contributed by atoms with Crippen LogP contribution in [0.4, 0.5) is 13.2 Å². The Bertz CT molecular complexity index is 2830. The third-order valence-electron chi connectivity index (χ3n) is 22.4. The van der Waals surface area contributed by atoms with Crippen molar-refractivity contribution in [2.24, 2.45) is 35.5 Å². The Morgan fingerprint density at radius 1 is 0.586 bits per heavy atom. The lowest BCUT2D eigenvalue weighted by atomic mass is 9.79. The molecule has 0 aromatic heterocycles. The molecular formula is C71H116ClF3N12O12. The van der Waals surface area contributed by atoms with Crippen molar-refractivity contribution in [2.75, 3.05) is 82.1 Å². The topological polar surface area (TPSA) is 279 Å². The highest BCUT2D eigenvalue weighted by Gasteiger charge is 2.51. The van der Waals surface area contributed by atoms with Gasteiger partial charge in [-0.2, -0.15) is 13.2 Å². The van der Waals surface area contributed by atoms with Gasteiger partial charge in [0.2, 0.25) is 70.9 Å². The number of likely N-dealkylation sites (N-methyl/N-ethyl adjacent to an activating group) is 7. The van der Waals surface area contributed by atoms with Crippen molar-refractivity contribution in [3.8, 4) is 0 Å². The van der Waals surface area contributed by atoms with Crippen LogP contribution in [0.1, 0.15) is 202 Å². The van der Waals surface area contributed by atoms with Crippen molar-refractivity contribution in [1.29, 1.82) is 0 Å². The quantitative estimate of drug-likeness (QED) is 0.174. The first-order valence-electron chi connectivity index (χ1n) is 36.6. The van der Waals surface area contributed by atoms with Crippen LogP contribution in [-0.4, -0.2) is 252 Å². The van der Waals surface area contributed by atoms with E-state index in [-0.39, 0.29) is 75.5 Å². The van der Waals surface area contributed by atoms with Gasteiger partial charge in [-0.15, -0.1) is 11.6 Å². The molecule has 0 radical (unpaired) electrons. The van der Waals surface area contributed by atoms with Crippen LogP contribution < -0.4 is 21.3 Å². The van der Waals surface area contributed by atoms with Gasteiger partial charge in [-0.05, 0) is 126 Å². The van der Waals surface area contributed by atoms with Crippen molar-refractivity contribution < 1.29 is 70.7 Å². The molecule has 0 aromatic rings. The number of amides is 12. The molecule has 560 valence electrons. The molecule has 11 atom stereocenters. The molecule has 28 heteroatoms. The van der Waals surface area contributed by atoms with E-state index in [0.717, 1.165) is 72.5 Å². The first-order valence-corrected chi connectivity index (χ1v) is 37.0. The van der Waals surface area contributed by atoms with Crippen LogP contribution in [0.5, 0.6) is 0 Å². The molecule has 12 amide bonds. The third kappa shape index (κ3) is 21.9. The lowest BCUT2D eigenvalue weighted by Crippen LogP contribution is -2.65. The summed E-state index contributed by atoms with van der Waals surface area (Å²) in [6, 6.07) is -8.81. The lowest BCUT2D eigenvalue weighted by Gasteiger charge is -2.43. The molecule has 4 aliphatic carbocycles. The van der Waals surface area contributed by atoms with E-state index in [4.69, 9.17) is 11.6 Å². The van der Waals surface area contributed by atoms with Gasteiger partial charge in [0.1, 0.15) is 47.8 Å². The van der Waals surface area contributed by atoms with Crippen molar-refractivity contribution in [3.63, 3.8) is 0 Å². The van der Waals surface area contributed by atoms with Crippen molar-refractivity contribution in [1.82, 2.24) is 60.5 Å². The Balaban J connectivity index is 1.40. The number of hydrogen-bond acceptors (Lipinski definition) is 12. The zero-order valence-corrected chi connectivity index (χ0v) is 61.7. The number of carbonyl (C=O) groups is 12. The van der Waals surface area contributed by atoms with Gasteiger partial charge in [0, 0.05) is 67.8 Å². The molecule has 99 heavy (non-hydrogen) atoms. The molecule has 3 unspecified atom stereocenters. The molecule has 2 saturated heterocycles. The number of alkyl halides is 4. The summed E-state index contributed by atoms with van der Waals surface area (Å²) in [5.41, 5.74) is -1.58. The van der Waals surface area contributed by atoms with Gasteiger partial charge in [-0.1, -0.05) is 98.3 Å². The van der Waals surface area contributed by atoms with Crippen LogP contribution >= 0.6 is 11.6 Å². The number of halogens is 4. The second kappa shape index (κ2) is 37.1. The Kier molecular flexibility index (Phi) is 30.6. The monoisotopic (exact) mass is 1420 g/mol. The maximum atomic E-state index is 15.7. The maximum Gasteiger partial charge on any atom is 0.393 e. The highest BCUT2D eigenvalue weighted by molar-refractivity contribution is 6.20. The molecule has 0 aromatic carbocycles. The first kappa shape index (κ1) is 81.7. The summed E-state index contributed by atoms with van der Waals surface area (Å²) in [7, 11) is 10.0. The standard InChI is InChI=1S/C71H116ClF3N12O12/c1-13-45(4)60-67(97)82(8)42-58(90)80(6)43-59(91)84(10)54(39-47-25-17-14-18-26-47)65(95)81(7)41-56(88)77-52(32-30-48-29-31-50(51(72)38-48)71(73,74)75)63(93)76-46(5)62(92)79-70(33-21-22-34-70)69(99)86(12)61(49-27-19-15-20-28-49)68(98)85(11)55(66(96)87-35-23-16-24-36-87)40-57(89)83(9)53(37-44(2)3)64(94)78-60/h44-55,60-61H,13-43H2,1-12H3,(H,76,93)(H,77,88)(H,78,94)(H,79,92)/t45-,46-,48?,50?,51?,52-,53-,54-,55-,60-,61-/m0/s1. The average Bonchev–Trinajstić information content (AvgIpc) is 1.77. The molecule has 4 N–H and O–H groups in total. The molecular weight excluding hydrogens is 1310 g/mol. The Hall–Kier alpha value is -6.28. The van der Waals surface area contributed by atoms with E-state index in [9.17, 15) is 51.5 Å². The van der Waals surface area contributed by atoms with Gasteiger partial charge in [-0.25, -0.2) is 0 Å². The Morgan fingerprint density at radius 2 is 1.16 bits per heavy atom. The minimum atomic E-state index is -4.51. The molecule has 2 heterocycles. The largest absolute Gasteiger partial charge is 0.393 e. The number of piperidine rings is 1. The van der Waals surface area contributed by atoms with Crippen molar-refractivity contribution in [2.45, 2.75) is 261 Å². The van der Waals surface area contributed by atoms with E-state index in [0.29, 0.717) is 58.0 Å². The van der Waals surface area contributed by atoms with Crippen LogP contribution in [0.25, 0.3) is 0 Å². The molecule has 4 saturated carbocycles. The summed E-state index contributed by atoms with van der Waals surface area (Å²) in [5.74, 6) is -11.0. The third-order valence-corrected chi connectivity index (χ3v) is 22.9. The van der Waals surface area contributed by atoms with Crippen molar-refractivity contribution >= 4 is 82.5 Å². The molecule has 1 spiro atoms. The Labute approximate surface area is 589 Å². The first-order chi connectivity index (χ1) is 46.6. The van der Waals surface area contributed by atoms with Crippen LogP contribution in [0.15, 0.2) is 0 Å². The van der Waals surface area contributed by atoms with Crippen LogP contribution in [0, 0.1) is 35.5 Å². The van der Waals surface area contributed by atoms with E-state index < -0.39 is 174 Å². The Morgan fingerprint density at radius 3 is 1.75 bits per heavy atom. The molecule has 6 aliphatic rings. The number of likely N-dealkylation sites (tertiary alicyclic amines) is 1. The number of nitrogens with one attached hydrogen (secondary N) is 4. The predicted molar refractivity (Wildman–Crippen MR) is 367 cm³/mol. The minimum absolute atomic E-state index is 0.0133. The van der Waals surface area contributed by atoms with Gasteiger partial charge >= 0.3 is 6.18 Å². The summed E-state index contributed by atoms with van der Waals surface area (Å²) >= 11 is 6.35. The number of rotatable bonds is 11. The van der Waals surface area contributed by atoms with E-state index >= 15 is 19.2 Å². The van der Waals surface area contributed by atoms with Gasteiger partial charge in [0.25, 0.3) is 0 Å². The van der Waals surface area contributed by atoms with Gasteiger partial charge in [0.05, 0.1) is 32.0 Å². The summed E-state index contributed by atoms with van der Waals surface area (Å²) in [6.45, 7) is 7.86. The maximum absolute atomic E-state index is 15.7. The second-order valence-corrected chi connectivity index (χ2v) is 30.8. The molecule has 2 aliphatic heterocycles. The van der Waals surface area contributed by atoms with E-state index in [1.165, 1.54) is 75.9 Å². The summed E-state index contributed by atoms with van der Waals surface area (Å²) < 4.78 is 41.8. The normalized spacial score (nSPS) is 29.6. The highest BCUT2D eigenvalue weighted by Crippen LogP contribution is 2.44. The highest BCUT2D eigenvalue weighted by atomic mass is 35.5. The zero-order chi connectivity index (χ0) is 73.4. The number of carbonyl (C=O) groups excluding carboxylic acids is 12. The van der Waals surface area contributed by atoms with E-state index in [1.807, 2.05) is 20.8 Å². The van der Waals surface area contributed by atoms with Gasteiger partial charge in [-0.3, -0.25) is 57.5 Å². The van der Waals surface area contributed by atoms with Crippen LogP contribution in [0.3, 0.4) is 0 Å². The summed E-state index contributed by atoms with van der Waals surface area (Å²) in [6.07, 6.45) is 7.12. The molecule has 6 rings (SSSR count). The van der Waals surface area contributed by atoms with Gasteiger partial charge < -0.3 is 60.5 Å². The summed E-state index contributed by atoms with van der Waals surface area (Å²) in [5, 5.41) is 10.1. The minimum Gasteiger partial charge on any atom is -0.343 e. The van der Waals surface area contributed by atoms with E-state index in [2.05, 4.69) is 21.3 Å². The second-order valence-electron chi connectivity index (χ2n) is 30.3. The average molecular weight is 1420 g/mol. The van der Waals surface area contributed by atoms with Crippen LogP contribution in [0.2, 0.25) is 0 Å². The molecule has 24 nitrogen and oxygen atoms in total. The molecule has 0 bridgehead atoms. The number of hydrogen-bond donors (Lipinski definition) is 4. The smallest absolute Gasteiger partial charge is 0.343 e. The SMILES string of the molecule is CC[C@H](C)[C@@H]1NC(=O)[C@H](CC(C)C)N(C)C(=O)C[C@@H](C(=O)N2CCCCC2)N(C)C(=O)[C@H](C2CCCCC2)N(C)C(=O)C2(CCCC2)NC(=O)[C@H](C)NC(=O)[C@H](CCC2CCC(C(F)(F)F)C(Cl)C2)NC(=O)CN(C)C(=O)[C@H](CC2CCCCC2)N(C)C(=O)CN(C)C(=O)CN(C)C1=O. The fraction of sp³-hybridized carbons (Fsp3) is 0.831. The zero-order valence-electron chi connectivity index (χ0n) is 61.0. The fourth-order valence-corrected chi connectivity index (χ4v) is 16.3. The number of nitrogens with zero attached hydrogens (tertiary/aromatic N) is 8. The van der Waals surface area contributed by atoms with E-state index in [1.54, 1.807) is 11.8 Å². The summed E-state index contributed by atoms with van der Waals surface area (Å²) in [4.78, 5) is 188. The predicted octanol–water partition coefficient (Wildman–Crippen LogP) is 6.00. The fourth-order valence-electron chi connectivity index (χ4n) is 15.7. The van der Waals surface area contributed by atoms with Crippen molar-refractivity contribution in [3.05, 3.63) is 0 Å². The van der Waals surface area contributed by atoms with Gasteiger partial charge in [0.15, 0.2) is 0 Å².